The highest BCUT2D eigenvalue weighted by molar-refractivity contribution is 7.89. The minimum Gasteiger partial charge on any atom is -0.297 e. The Balaban J connectivity index is 1.48. The first-order valence-corrected chi connectivity index (χ1v) is 11.4. The van der Waals surface area contributed by atoms with E-state index in [0.717, 1.165) is 24.7 Å². The normalized spacial score (nSPS) is 24.4. The summed E-state index contributed by atoms with van der Waals surface area (Å²) in [5.41, 5.74) is 1.17. The maximum atomic E-state index is 14.4. The maximum absolute atomic E-state index is 14.4. The topological polar surface area (TPSA) is 53.1 Å². The van der Waals surface area contributed by atoms with Crippen LogP contribution in [-0.2, 0) is 21.4 Å². The van der Waals surface area contributed by atoms with Crippen molar-refractivity contribution < 1.29 is 22.0 Å². The van der Waals surface area contributed by atoms with Crippen molar-refractivity contribution in [3.8, 4) is 0 Å². The fourth-order valence-corrected chi connectivity index (χ4v) is 6.09. The van der Waals surface area contributed by atoms with Crippen LogP contribution in [0.1, 0.15) is 17.2 Å². The lowest BCUT2D eigenvalue weighted by molar-refractivity contribution is -0.111. The van der Waals surface area contributed by atoms with Gasteiger partial charge in [0.1, 0.15) is 16.9 Å². The molecule has 2 aliphatic heterocycles. The molecule has 6 nitrogen and oxygen atoms in total. The van der Waals surface area contributed by atoms with Gasteiger partial charge in [-0.1, -0.05) is 30.3 Å². The smallest absolute Gasteiger partial charge is 0.221 e. The van der Waals surface area contributed by atoms with Crippen molar-refractivity contribution in [2.45, 2.75) is 17.8 Å². The average Bonchev–Trinajstić information content (AvgIpc) is 3.13. The van der Waals surface area contributed by atoms with Gasteiger partial charge in [0, 0.05) is 45.3 Å². The lowest BCUT2D eigenvalue weighted by Gasteiger charge is -2.36. The first-order valence-electron chi connectivity index (χ1n) is 9.92. The van der Waals surface area contributed by atoms with Crippen molar-refractivity contribution >= 4 is 10.0 Å². The van der Waals surface area contributed by atoms with Crippen LogP contribution in [0.3, 0.4) is 0 Å². The van der Waals surface area contributed by atoms with Crippen LogP contribution in [0.15, 0.2) is 48.5 Å². The molecule has 0 aliphatic carbocycles. The molecule has 0 amide bonds. The van der Waals surface area contributed by atoms with Crippen LogP contribution in [0, 0.1) is 11.6 Å². The van der Waals surface area contributed by atoms with Crippen LogP contribution in [0.4, 0.5) is 8.78 Å². The summed E-state index contributed by atoms with van der Waals surface area (Å²) in [6.45, 7) is 2.60. The highest BCUT2D eigenvalue weighted by Gasteiger charge is 2.47. The van der Waals surface area contributed by atoms with E-state index in [0.29, 0.717) is 26.2 Å². The fraction of sp³-hybridized carbons (Fsp3) is 0.429. The molecule has 0 N–H and O–H groups in total. The molecule has 2 saturated heterocycles. The lowest BCUT2D eigenvalue weighted by atomic mass is 10.0. The molecule has 30 heavy (non-hydrogen) atoms. The van der Waals surface area contributed by atoms with Crippen LogP contribution < -0.4 is 0 Å². The number of nitrogens with zero attached hydrogens (tertiary/aromatic N) is 3. The minimum atomic E-state index is -3.77. The van der Waals surface area contributed by atoms with Gasteiger partial charge in [-0.2, -0.15) is 9.37 Å². The SMILES string of the molecule is CN1OCC(S(=O)(=O)N2CCN(Cc3ccccc3)CC2)C1c1cc(F)ccc1F. The number of hydroxylamine groups is 2. The van der Waals surface area contributed by atoms with Gasteiger partial charge in [0.15, 0.2) is 0 Å². The van der Waals surface area contributed by atoms with Crippen molar-refractivity contribution in [1.82, 2.24) is 14.3 Å². The summed E-state index contributed by atoms with van der Waals surface area (Å²) in [6.07, 6.45) is 0. The van der Waals surface area contributed by atoms with Gasteiger partial charge in [-0.15, -0.1) is 0 Å². The minimum absolute atomic E-state index is 0.00807. The molecule has 0 aromatic heterocycles. The van der Waals surface area contributed by atoms with Gasteiger partial charge >= 0.3 is 0 Å². The van der Waals surface area contributed by atoms with Gasteiger partial charge in [-0.05, 0) is 23.8 Å². The number of piperazine rings is 1. The molecule has 2 aliphatic rings. The quantitative estimate of drug-likeness (QED) is 0.719. The summed E-state index contributed by atoms with van der Waals surface area (Å²) < 4.78 is 56.3. The molecule has 2 aromatic carbocycles. The van der Waals surface area contributed by atoms with Crippen molar-refractivity contribution in [3.05, 3.63) is 71.3 Å². The second-order valence-electron chi connectivity index (χ2n) is 7.70. The highest BCUT2D eigenvalue weighted by Crippen LogP contribution is 2.36. The average molecular weight is 438 g/mol. The maximum Gasteiger partial charge on any atom is 0.221 e. The molecule has 0 spiro atoms. The second kappa shape index (κ2) is 8.68. The second-order valence-corrected chi connectivity index (χ2v) is 9.85. The van der Waals surface area contributed by atoms with Gasteiger partial charge in [0.25, 0.3) is 0 Å². The Morgan fingerprint density at radius 3 is 2.43 bits per heavy atom. The number of hydrogen-bond acceptors (Lipinski definition) is 5. The number of halogens is 2. The van der Waals surface area contributed by atoms with Crippen LogP contribution in [0.5, 0.6) is 0 Å². The molecular formula is C21H25F2N3O3S. The summed E-state index contributed by atoms with van der Waals surface area (Å²) in [5, 5.41) is 0.311. The summed E-state index contributed by atoms with van der Waals surface area (Å²) >= 11 is 0. The monoisotopic (exact) mass is 437 g/mol. The molecule has 162 valence electrons. The predicted molar refractivity (Wildman–Crippen MR) is 109 cm³/mol. The Labute approximate surface area is 175 Å². The molecule has 0 saturated carbocycles. The van der Waals surface area contributed by atoms with Crippen molar-refractivity contribution in [3.63, 3.8) is 0 Å². The first kappa shape index (κ1) is 21.3. The number of benzene rings is 2. The van der Waals surface area contributed by atoms with E-state index in [1.54, 1.807) is 7.05 Å². The summed E-state index contributed by atoms with van der Waals surface area (Å²) in [7, 11) is -2.22. The number of sulfonamides is 1. The van der Waals surface area contributed by atoms with Crippen LogP contribution in [0.2, 0.25) is 0 Å². The Kier molecular flexibility index (Phi) is 6.17. The Morgan fingerprint density at radius 2 is 1.73 bits per heavy atom. The zero-order chi connectivity index (χ0) is 21.3. The Hall–Kier alpha value is -1.91. The third kappa shape index (κ3) is 4.26. The molecule has 2 heterocycles. The van der Waals surface area contributed by atoms with Gasteiger partial charge in [0.2, 0.25) is 10.0 Å². The lowest BCUT2D eigenvalue weighted by Crippen LogP contribution is -2.52. The predicted octanol–water partition coefficient (Wildman–Crippen LogP) is 2.40. The molecule has 9 heteroatoms. The van der Waals surface area contributed by atoms with E-state index in [4.69, 9.17) is 4.84 Å². The van der Waals surface area contributed by atoms with Gasteiger partial charge in [-0.3, -0.25) is 9.74 Å². The van der Waals surface area contributed by atoms with Crippen LogP contribution in [-0.4, -0.2) is 67.8 Å². The van der Waals surface area contributed by atoms with Crippen LogP contribution >= 0.6 is 0 Å². The van der Waals surface area contributed by atoms with E-state index in [-0.39, 0.29) is 12.2 Å². The number of hydrogen-bond donors (Lipinski definition) is 0. The van der Waals surface area contributed by atoms with Crippen molar-refractivity contribution in [2.24, 2.45) is 0 Å². The zero-order valence-corrected chi connectivity index (χ0v) is 17.6. The van der Waals surface area contributed by atoms with Gasteiger partial charge in [0.05, 0.1) is 12.6 Å². The van der Waals surface area contributed by atoms with E-state index in [1.807, 2.05) is 30.3 Å². The summed E-state index contributed by atoms with van der Waals surface area (Å²) in [5.74, 6) is -1.26. The zero-order valence-electron chi connectivity index (χ0n) is 16.7. The molecule has 2 unspecified atom stereocenters. The van der Waals surface area contributed by atoms with Crippen molar-refractivity contribution in [2.75, 3.05) is 39.8 Å². The van der Waals surface area contributed by atoms with E-state index in [1.165, 1.54) is 14.9 Å². The Morgan fingerprint density at radius 1 is 1.03 bits per heavy atom. The molecule has 4 rings (SSSR count). The van der Waals surface area contributed by atoms with Crippen LogP contribution in [0.25, 0.3) is 0 Å². The van der Waals surface area contributed by atoms with Gasteiger partial charge < -0.3 is 0 Å². The van der Waals surface area contributed by atoms with Gasteiger partial charge in [-0.25, -0.2) is 17.2 Å². The molecule has 0 radical (unpaired) electrons. The third-order valence-corrected chi connectivity index (χ3v) is 8.03. The van der Waals surface area contributed by atoms with E-state index >= 15 is 0 Å². The van der Waals surface area contributed by atoms with E-state index in [9.17, 15) is 17.2 Å². The van der Waals surface area contributed by atoms with E-state index in [2.05, 4.69) is 4.90 Å². The molecule has 2 atom stereocenters. The molecule has 2 fully saturated rings. The largest absolute Gasteiger partial charge is 0.297 e. The summed E-state index contributed by atoms with van der Waals surface area (Å²) in [6, 6.07) is 12.2. The third-order valence-electron chi connectivity index (χ3n) is 5.79. The first-order chi connectivity index (χ1) is 14.4. The number of rotatable bonds is 5. The Bertz CT molecular complexity index is 982. The highest BCUT2D eigenvalue weighted by atomic mass is 32.2. The summed E-state index contributed by atoms with van der Waals surface area (Å²) in [4.78, 5) is 7.64. The fourth-order valence-electron chi connectivity index (χ4n) is 4.16. The molecule has 2 aromatic rings. The molecular weight excluding hydrogens is 412 g/mol. The standard InChI is InChI=1S/C21H25F2N3O3S/c1-24-21(18-13-17(22)7-8-19(18)23)20(15-29-24)30(27,28)26-11-9-25(10-12-26)14-16-5-3-2-4-6-16/h2-8,13,20-21H,9-12,14-15H2,1H3. The van der Waals surface area contributed by atoms with Crippen molar-refractivity contribution in [1.29, 1.82) is 0 Å². The van der Waals surface area contributed by atoms with E-state index < -0.39 is 32.9 Å². The molecule has 0 bridgehead atoms.